The van der Waals surface area contributed by atoms with Crippen molar-refractivity contribution in [2.24, 2.45) is 10.9 Å². The second-order valence-electron chi connectivity index (χ2n) is 9.15. The Bertz CT molecular complexity index is 1150. The van der Waals surface area contributed by atoms with Crippen molar-refractivity contribution < 1.29 is 23.5 Å². The lowest BCUT2D eigenvalue weighted by Gasteiger charge is -2.18. The molecule has 0 saturated heterocycles. The molecule has 0 aliphatic heterocycles. The lowest BCUT2D eigenvalue weighted by Crippen LogP contribution is -2.28. The molecule has 0 fully saturated rings. The van der Waals surface area contributed by atoms with E-state index in [-0.39, 0.29) is 17.4 Å². The van der Waals surface area contributed by atoms with E-state index in [0.29, 0.717) is 36.4 Å². The van der Waals surface area contributed by atoms with Crippen molar-refractivity contribution in [3.8, 4) is 6.07 Å². The van der Waals surface area contributed by atoms with E-state index in [0.717, 1.165) is 18.5 Å². The molecule has 2 aromatic carbocycles. The minimum atomic E-state index is -1.10. The first kappa shape index (κ1) is 28.2. The highest BCUT2D eigenvalue weighted by molar-refractivity contribution is 5.97. The first-order valence-corrected chi connectivity index (χ1v) is 11.3. The van der Waals surface area contributed by atoms with Gasteiger partial charge in [0, 0.05) is 18.7 Å². The first-order chi connectivity index (χ1) is 16.9. The van der Waals surface area contributed by atoms with Gasteiger partial charge in [0.15, 0.2) is 11.6 Å². The van der Waals surface area contributed by atoms with Crippen LogP contribution in [0.15, 0.2) is 35.3 Å². The highest BCUT2D eigenvalue weighted by atomic mass is 19.1. The number of hydrogen-bond acceptors (Lipinski definition) is 6. The van der Waals surface area contributed by atoms with E-state index in [1.54, 1.807) is 38.1 Å². The van der Waals surface area contributed by atoms with Gasteiger partial charge in [0.05, 0.1) is 34.9 Å². The van der Waals surface area contributed by atoms with Gasteiger partial charge in [0.2, 0.25) is 5.91 Å². The number of halogens is 2. The van der Waals surface area contributed by atoms with Crippen LogP contribution >= 0.6 is 0 Å². The maximum atomic E-state index is 14.0. The fraction of sp³-hybridized carbons (Fsp3) is 0.360. The maximum absolute atomic E-state index is 14.0. The predicted molar refractivity (Wildman–Crippen MR) is 135 cm³/mol. The molecule has 0 heterocycles. The van der Waals surface area contributed by atoms with Crippen molar-refractivity contribution in [3.05, 3.63) is 47.5 Å². The number of nitrogens with zero attached hydrogens (tertiary/aromatic N) is 2. The number of aliphatic hydroxyl groups is 1. The molecule has 192 valence electrons. The number of urea groups is 1. The number of aliphatic imine (C=N–C) groups is 1. The van der Waals surface area contributed by atoms with Crippen LogP contribution in [0.5, 0.6) is 0 Å². The standard InChI is InChI=1S/C25H30F2N6O3/c1-15(2)9-22(34)32-17-5-6-20(29-8-7-25(3,4)36)21(12-17)30-14-31-24(35)33-23-18(26)10-16(13-28)11-19(23)27/h5-6,10-12,14-15,29,36H,7-9H2,1-4H3,(H,32,34)(H2,30,31,33,35). The van der Waals surface area contributed by atoms with E-state index < -0.39 is 29.0 Å². The average molecular weight is 501 g/mol. The SMILES string of the molecule is CC(C)CC(=O)Nc1ccc(NCCC(C)(C)O)c(N=CNC(=O)Nc2c(F)cc(C#N)cc2F)c1. The van der Waals surface area contributed by atoms with Crippen LogP contribution in [-0.2, 0) is 4.79 Å². The molecule has 0 spiro atoms. The van der Waals surface area contributed by atoms with Crippen LogP contribution in [0, 0.1) is 28.9 Å². The predicted octanol–water partition coefficient (Wildman–Crippen LogP) is 4.88. The Hall–Kier alpha value is -4.04. The summed E-state index contributed by atoms with van der Waals surface area (Å²) in [6.45, 7) is 7.65. The second-order valence-corrected chi connectivity index (χ2v) is 9.15. The van der Waals surface area contributed by atoms with Gasteiger partial charge >= 0.3 is 6.03 Å². The molecule has 2 rings (SSSR count). The molecule has 5 N–H and O–H groups in total. The number of nitriles is 1. The average Bonchev–Trinajstić information content (AvgIpc) is 2.76. The van der Waals surface area contributed by atoms with Crippen molar-refractivity contribution in [1.29, 1.82) is 5.26 Å². The van der Waals surface area contributed by atoms with Gasteiger partial charge < -0.3 is 21.1 Å². The molecular formula is C25H30F2N6O3. The summed E-state index contributed by atoms with van der Waals surface area (Å²) in [6.07, 6.45) is 1.82. The minimum absolute atomic E-state index is 0.161. The molecule has 0 aliphatic carbocycles. The third kappa shape index (κ3) is 9.31. The Morgan fingerprint density at radius 3 is 2.42 bits per heavy atom. The van der Waals surface area contributed by atoms with Gasteiger partial charge in [-0.1, -0.05) is 13.8 Å². The van der Waals surface area contributed by atoms with E-state index >= 15 is 0 Å². The third-order valence-electron chi connectivity index (χ3n) is 4.74. The molecule has 3 amide bonds. The molecule has 0 radical (unpaired) electrons. The number of hydrogen-bond donors (Lipinski definition) is 5. The van der Waals surface area contributed by atoms with Crippen LogP contribution in [0.1, 0.15) is 46.1 Å². The fourth-order valence-electron chi connectivity index (χ4n) is 3.02. The Labute approximate surface area is 208 Å². The summed E-state index contributed by atoms with van der Waals surface area (Å²) >= 11 is 0. The van der Waals surface area contributed by atoms with E-state index in [1.165, 1.54) is 0 Å². The number of nitrogens with one attached hydrogen (secondary N) is 4. The summed E-state index contributed by atoms with van der Waals surface area (Å²) in [5, 5.41) is 28.9. The van der Waals surface area contributed by atoms with E-state index in [4.69, 9.17) is 5.26 Å². The van der Waals surface area contributed by atoms with Crippen LogP contribution < -0.4 is 21.3 Å². The molecule has 36 heavy (non-hydrogen) atoms. The Morgan fingerprint density at radius 1 is 1.17 bits per heavy atom. The molecule has 0 bridgehead atoms. The number of carbonyl (C=O) groups is 2. The van der Waals surface area contributed by atoms with Gasteiger partial charge in [-0.25, -0.2) is 18.6 Å². The molecule has 2 aromatic rings. The van der Waals surface area contributed by atoms with E-state index in [2.05, 4.69) is 20.9 Å². The normalized spacial score (nSPS) is 11.3. The summed E-state index contributed by atoms with van der Waals surface area (Å²) in [4.78, 5) is 28.5. The number of benzene rings is 2. The smallest absolute Gasteiger partial charge is 0.324 e. The van der Waals surface area contributed by atoms with E-state index in [9.17, 15) is 23.5 Å². The number of amides is 3. The topological polar surface area (TPSA) is 139 Å². The summed E-state index contributed by atoms with van der Waals surface area (Å²) in [5.74, 6) is -2.17. The van der Waals surface area contributed by atoms with Crippen molar-refractivity contribution >= 4 is 41.0 Å². The van der Waals surface area contributed by atoms with E-state index in [1.807, 2.05) is 19.2 Å². The zero-order valence-electron chi connectivity index (χ0n) is 20.6. The highest BCUT2D eigenvalue weighted by Crippen LogP contribution is 2.29. The highest BCUT2D eigenvalue weighted by Gasteiger charge is 2.15. The summed E-state index contributed by atoms with van der Waals surface area (Å²) in [5.41, 5.74) is -0.372. The van der Waals surface area contributed by atoms with Crippen LogP contribution in [-0.4, -0.2) is 35.5 Å². The second kappa shape index (κ2) is 12.6. The van der Waals surface area contributed by atoms with Gasteiger partial charge in [0.25, 0.3) is 0 Å². The molecular weight excluding hydrogens is 470 g/mol. The molecule has 0 saturated carbocycles. The molecule has 0 unspecified atom stereocenters. The maximum Gasteiger partial charge on any atom is 0.324 e. The van der Waals surface area contributed by atoms with Crippen LogP contribution in [0.2, 0.25) is 0 Å². The third-order valence-corrected chi connectivity index (χ3v) is 4.74. The zero-order chi connectivity index (χ0) is 26.9. The van der Waals surface area contributed by atoms with Crippen molar-refractivity contribution in [3.63, 3.8) is 0 Å². The van der Waals surface area contributed by atoms with Crippen molar-refractivity contribution in [1.82, 2.24) is 5.32 Å². The van der Waals surface area contributed by atoms with Crippen LogP contribution in [0.4, 0.5) is 36.3 Å². The molecule has 0 aromatic heterocycles. The Balaban J connectivity index is 2.16. The van der Waals surface area contributed by atoms with Gasteiger partial charge in [-0.15, -0.1) is 0 Å². The monoisotopic (exact) mass is 500 g/mol. The van der Waals surface area contributed by atoms with Crippen LogP contribution in [0.3, 0.4) is 0 Å². The minimum Gasteiger partial charge on any atom is -0.390 e. The van der Waals surface area contributed by atoms with Gasteiger partial charge in [-0.3, -0.25) is 10.1 Å². The number of rotatable bonds is 10. The molecule has 9 nitrogen and oxygen atoms in total. The summed E-state index contributed by atoms with van der Waals surface area (Å²) < 4.78 is 28.0. The number of anilines is 3. The number of carbonyl (C=O) groups excluding carboxylic acids is 2. The lowest BCUT2D eigenvalue weighted by atomic mass is 10.1. The first-order valence-electron chi connectivity index (χ1n) is 11.3. The molecule has 0 aliphatic rings. The van der Waals surface area contributed by atoms with Crippen molar-refractivity contribution in [2.75, 3.05) is 22.5 Å². The Morgan fingerprint density at radius 2 is 1.83 bits per heavy atom. The van der Waals surface area contributed by atoms with Crippen molar-refractivity contribution in [2.45, 2.75) is 46.1 Å². The Kier molecular flexibility index (Phi) is 9.87. The summed E-state index contributed by atoms with van der Waals surface area (Å²) in [6, 6.07) is 7.26. The fourth-order valence-corrected chi connectivity index (χ4v) is 3.02. The molecule has 11 heteroatoms. The van der Waals surface area contributed by atoms with Gasteiger partial charge in [-0.2, -0.15) is 5.26 Å². The van der Waals surface area contributed by atoms with Crippen LogP contribution in [0.25, 0.3) is 0 Å². The molecule has 0 atom stereocenters. The zero-order valence-corrected chi connectivity index (χ0v) is 20.6. The van der Waals surface area contributed by atoms with Gasteiger partial charge in [-0.05, 0) is 56.5 Å². The summed E-state index contributed by atoms with van der Waals surface area (Å²) in [7, 11) is 0. The lowest BCUT2D eigenvalue weighted by molar-refractivity contribution is -0.116. The van der Waals surface area contributed by atoms with Gasteiger partial charge in [0.1, 0.15) is 5.69 Å². The largest absolute Gasteiger partial charge is 0.390 e. The quantitative estimate of drug-likeness (QED) is 0.234.